The van der Waals surface area contributed by atoms with Gasteiger partial charge in [-0.25, -0.2) is 9.97 Å². The Bertz CT molecular complexity index is 556. The Morgan fingerprint density at radius 2 is 2.37 bits per heavy atom. The largest absolute Gasteiger partial charge is 0.353 e. The van der Waals surface area contributed by atoms with E-state index in [2.05, 4.69) is 22.2 Å². The molecule has 0 aliphatic rings. The zero-order valence-electron chi connectivity index (χ0n) is 11.0. The van der Waals surface area contributed by atoms with Crippen molar-refractivity contribution in [1.29, 1.82) is 0 Å². The van der Waals surface area contributed by atoms with E-state index in [4.69, 9.17) is 0 Å². The van der Waals surface area contributed by atoms with Crippen molar-refractivity contribution < 1.29 is 4.79 Å². The van der Waals surface area contributed by atoms with Crippen molar-refractivity contribution in [2.45, 2.75) is 37.8 Å². The molecule has 102 valence electrons. The van der Waals surface area contributed by atoms with Crippen LogP contribution in [0, 0.1) is 0 Å². The van der Waals surface area contributed by atoms with Crippen LogP contribution < -0.4 is 5.32 Å². The monoisotopic (exact) mass is 295 g/mol. The maximum atomic E-state index is 11.8. The lowest BCUT2D eigenvalue weighted by Gasteiger charge is -2.12. The van der Waals surface area contributed by atoms with Gasteiger partial charge in [0.15, 0.2) is 0 Å². The molecule has 6 heteroatoms. The first-order chi connectivity index (χ1) is 9.20. The predicted molar refractivity (Wildman–Crippen MR) is 80.7 cm³/mol. The number of aromatic nitrogens is 2. The maximum Gasteiger partial charge on any atom is 0.230 e. The van der Waals surface area contributed by atoms with Crippen LogP contribution in [0.4, 0.5) is 0 Å². The Labute approximate surface area is 121 Å². The summed E-state index contributed by atoms with van der Waals surface area (Å²) < 4.78 is 0. The van der Waals surface area contributed by atoms with Crippen LogP contribution in [0.25, 0.3) is 10.2 Å². The van der Waals surface area contributed by atoms with Crippen molar-refractivity contribution in [2.24, 2.45) is 0 Å². The number of fused-ring (bicyclic) bond motifs is 1. The summed E-state index contributed by atoms with van der Waals surface area (Å²) in [6.07, 6.45) is 3.65. The third-order valence-corrected chi connectivity index (χ3v) is 4.52. The van der Waals surface area contributed by atoms with E-state index in [1.165, 1.54) is 11.8 Å². The number of thiophene rings is 1. The first-order valence-electron chi connectivity index (χ1n) is 6.31. The number of nitrogens with one attached hydrogen (secondary N) is 1. The van der Waals surface area contributed by atoms with Crippen molar-refractivity contribution in [2.75, 3.05) is 5.75 Å². The molecule has 4 nitrogen and oxygen atoms in total. The molecule has 0 bridgehead atoms. The number of nitrogens with zero attached hydrogens (tertiary/aromatic N) is 2. The molecular weight excluding hydrogens is 278 g/mol. The summed E-state index contributed by atoms with van der Waals surface area (Å²) in [6, 6.07) is 2.24. The molecule has 0 aliphatic carbocycles. The molecule has 2 heterocycles. The molecule has 1 atom stereocenters. The Balaban J connectivity index is 1.91. The van der Waals surface area contributed by atoms with Crippen LogP contribution in [-0.4, -0.2) is 27.7 Å². The highest BCUT2D eigenvalue weighted by atomic mass is 32.2. The van der Waals surface area contributed by atoms with E-state index in [0.717, 1.165) is 28.1 Å². The standard InChI is InChI=1S/C13H17N3OS2/c1-3-4-9(2)16-11(17)7-19-13-10-5-6-18-12(10)14-8-15-13/h5-6,8-9H,3-4,7H2,1-2H3,(H,16,17)/t9-/m0/s1. The molecule has 0 unspecified atom stereocenters. The minimum absolute atomic E-state index is 0.0629. The second-order valence-corrected chi connectivity index (χ2v) is 6.22. The van der Waals surface area contributed by atoms with E-state index in [9.17, 15) is 4.79 Å². The normalized spacial score (nSPS) is 12.5. The zero-order valence-corrected chi connectivity index (χ0v) is 12.7. The molecular formula is C13H17N3OS2. The highest BCUT2D eigenvalue weighted by Gasteiger charge is 2.10. The van der Waals surface area contributed by atoms with Gasteiger partial charge in [-0.05, 0) is 24.8 Å². The number of hydrogen-bond donors (Lipinski definition) is 1. The summed E-state index contributed by atoms with van der Waals surface area (Å²) in [5.41, 5.74) is 0. The maximum absolute atomic E-state index is 11.8. The zero-order chi connectivity index (χ0) is 13.7. The Morgan fingerprint density at radius 1 is 1.53 bits per heavy atom. The molecule has 19 heavy (non-hydrogen) atoms. The minimum atomic E-state index is 0.0629. The second-order valence-electron chi connectivity index (χ2n) is 4.36. The van der Waals surface area contributed by atoms with Crippen LogP contribution >= 0.6 is 23.1 Å². The summed E-state index contributed by atoms with van der Waals surface area (Å²) in [5, 5.41) is 6.90. The fraction of sp³-hybridized carbons (Fsp3) is 0.462. The van der Waals surface area contributed by atoms with Gasteiger partial charge in [-0.3, -0.25) is 4.79 Å². The van der Waals surface area contributed by atoms with Crippen LogP contribution in [0.15, 0.2) is 22.8 Å². The first kappa shape index (κ1) is 14.3. The quantitative estimate of drug-likeness (QED) is 0.657. The molecule has 0 radical (unpaired) electrons. The van der Waals surface area contributed by atoms with Gasteiger partial charge < -0.3 is 5.32 Å². The van der Waals surface area contributed by atoms with E-state index in [1.54, 1.807) is 17.7 Å². The van der Waals surface area contributed by atoms with Gasteiger partial charge >= 0.3 is 0 Å². The van der Waals surface area contributed by atoms with Gasteiger partial charge in [0.05, 0.1) is 5.75 Å². The molecule has 1 amide bonds. The smallest absolute Gasteiger partial charge is 0.230 e. The van der Waals surface area contributed by atoms with Crippen molar-refractivity contribution in [3.05, 3.63) is 17.8 Å². The van der Waals surface area contributed by atoms with Crippen molar-refractivity contribution in [3.8, 4) is 0 Å². The number of carbonyl (C=O) groups is 1. The molecule has 0 aromatic carbocycles. The lowest BCUT2D eigenvalue weighted by atomic mass is 10.2. The van der Waals surface area contributed by atoms with Crippen molar-refractivity contribution in [1.82, 2.24) is 15.3 Å². The molecule has 0 saturated carbocycles. The third-order valence-electron chi connectivity index (χ3n) is 2.69. The number of hydrogen-bond acceptors (Lipinski definition) is 5. The third kappa shape index (κ3) is 3.91. The van der Waals surface area contributed by atoms with Crippen LogP contribution in [-0.2, 0) is 4.79 Å². The van der Waals surface area contributed by atoms with Crippen LogP contribution in [0.2, 0.25) is 0 Å². The summed E-state index contributed by atoms with van der Waals surface area (Å²) in [7, 11) is 0. The van der Waals surface area contributed by atoms with Gasteiger partial charge in [-0.2, -0.15) is 0 Å². The molecule has 2 rings (SSSR count). The summed E-state index contributed by atoms with van der Waals surface area (Å²) in [4.78, 5) is 21.2. The minimum Gasteiger partial charge on any atom is -0.353 e. The average Bonchev–Trinajstić information content (AvgIpc) is 2.85. The summed E-state index contributed by atoms with van der Waals surface area (Å²) >= 11 is 3.05. The Kier molecular flexibility index (Phi) is 5.15. The lowest BCUT2D eigenvalue weighted by Crippen LogP contribution is -2.33. The molecule has 2 aromatic rings. The molecule has 2 aromatic heterocycles. The molecule has 1 N–H and O–H groups in total. The highest BCUT2D eigenvalue weighted by Crippen LogP contribution is 2.27. The predicted octanol–water partition coefficient (Wildman–Crippen LogP) is 3.09. The lowest BCUT2D eigenvalue weighted by molar-refractivity contribution is -0.119. The summed E-state index contributed by atoms with van der Waals surface area (Å²) in [6.45, 7) is 4.15. The topological polar surface area (TPSA) is 54.9 Å². The first-order valence-corrected chi connectivity index (χ1v) is 8.17. The van der Waals surface area contributed by atoms with Gasteiger partial charge in [0, 0.05) is 11.4 Å². The van der Waals surface area contributed by atoms with E-state index in [-0.39, 0.29) is 11.9 Å². The highest BCUT2D eigenvalue weighted by molar-refractivity contribution is 8.00. The van der Waals surface area contributed by atoms with Gasteiger partial charge in [0.1, 0.15) is 16.2 Å². The second kappa shape index (κ2) is 6.86. The Hall–Kier alpha value is -1.14. The van der Waals surface area contributed by atoms with Gasteiger partial charge in [0.2, 0.25) is 5.91 Å². The number of amides is 1. The van der Waals surface area contributed by atoms with E-state index in [1.807, 2.05) is 18.4 Å². The number of carbonyl (C=O) groups excluding carboxylic acids is 1. The SMILES string of the molecule is CCC[C@H](C)NC(=O)CSc1ncnc2sccc12. The van der Waals surface area contributed by atoms with E-state index in [0.29, 0.717) is 5.75 Å². The van der Waals surface area contributed by atoms with Crippen molar-refractivity contribution in [3.63, 3.8) is 0 Å². The van der Waals surface area contributed by atoms with Gasteiger partial charge in [-0.1, -0.05) is 25.1 Å². The molecule has 0 saturated heterocycles. The Morgan fingerprint density at radius 3 is 3.16 bits per heavy atom. The fourth-order valence-electron chi connectivity index (χ4n) is 1.84. The number of rotatable bonds is 6. The molecule has 0 spiro atoms. The van der Waals surface area contributed by atoms with Crippen LogP contribution in [0.1, 0.15) is 26.7 Å². The molecule has 0 fully saturated rings. The average molecular weight is 295 g/mol. The van der Waals surface area contributed by atoms with Gasteiger partial charge in [-0.15, -0.1) is 11.3 Å². The molecule has 0 aliphatic heterocycles. The summed E-state index contributed by atoms with van der Waals surface area (Å²) in [5.74, 6) is 0.462. The van der Waals surface area contributed by atoms with Crippen LogP contribution in [0.3, 0.4) is 0 Å². The van der Waals surface area contributed by atoms with Crippen molar-refractivity contribution >= 4 is 39.2 Å². The van der Waals surface area contributed by atoms with Gasteiger partial charge in [0.25, 0.3) is 0 Å². The van der Waals surface area contributed by atoms with E-state index < -0.39 is 0 Å². The van der Waals surface area contributed by atoms with E-state index >= 15 is 0 Å². The fourth-order valence-corrected chi connectivity index (χ4v) is 3.43. The van der Waals surface area contributed by atoms with Crippen LogP contribution in [0.5, 0.6) is 0 Å². The number of thioether (sulfide) groups is 1.